The Hall–Kier alpha value is -4.38. The van der Waals surface area contributed by atoms with Crippen LogP contribution in [0.25, 0.3) is 0 Å². The van der Waals surface area contributed by atoms with Gasteiger partial charge in [0.15, 0.2) is 6.23 Å². The molecular weight excluding hydrogens is 711 g/mol. The third-order valence-corrected chi connectivity index (χ3v) is 11.8. The maximum Gasteiger partial charge on any atom is 0.330 e. The second kappa shape index (κ2) is 17.0. The highest BCUT2D eigenvalue weighted by atomic mass is 31.2. The molecule has 286 valence electrons. The van der Waals surface area contributed by atoms with Gasteiger partial charge in [-0.3, -0.25) is 14.3 Å². The molecule has 6 rings (SSSR count). The first-order chi connectivity index (χ1) is 26.1. The van der Waals surface area contributed by atoms with Gasteiger partial charge >= 0.3 is 5.69 Å². The third-order valence-electron chi connectivity index (χ3n) is 9.67. The first-order valence-corrected chi connectivity index (χ1v) is 19.0. The number of nitrogens with zero attached hydrogens (tertiary/aromatic N) is 3. The predicted octanol–water partition coefficient (Wildman–Crippen LogP) is 5.89. The molecule has 2 aliphatic heterocycles. The van der Waals surface area contributed by atoms with Crippen LogP contribution in [0.1, 0.15) is 57.0 Å². The van der Waals surface area contributed by atoms with E-state index in [0.29, 0.717) is 11.5 Å². The highest BCUT2D eigenvalue weighted by molar-refractivity contribution is 7.44. The third kappa shape index (κ3) is 7.74. The molecule has 13 nitrogen and oxygen atoms in total. The maximum absolute atomic E-state index is 13.2. The number of fused-ring (bicyclic) bond motifs is 2. The number of nitrogens with one attached hydrogen (secondary N) is 1. The van der Waals surface area contributed by atoms with Gasteiger partial charge in [0.05, 0.1) is 46.5 Å². The van der Waals surface area contributed by atoms with Crippen LogP contribution in [0.4, 0.5) is 0 Å². The number of H-pyrrole nitrogens is 1. The number of rotatable bonds is 17. The van der Waals surface area contributed by atoms with Crippen LogP contribution in [0, 0.1) is 11.3 Å². The lowest BCUT2D eigenvalue weighted by atomic mass is 9.79. The number of aromatic nitrogens is 2. The minimum absolute atomic E-state index is 0.0276. The molecule has 0 aliphatic carbocycles. The van der Waals surface area contributed by atoms with Crippen LogP contribution in [0.15, 0.2) is 101 Å². The van der Waals surface area contributed by atoms with Gasteiger partial charge in [-0.2, -0.15) is 5.26 Å². The van der Waals surface area contributed by atoms with Crippen molar-refractivity contribution in [2.45, 2.75) is 75.8 Å². The summed E-state index contributed by atoms with van der Waals surface area (Å²) < 4.78 is 48.5. The monoisotopic (exact) mass is 758 g/mol. The molecule has 5 atom stereocenters. The summed E-state index contributed by atoms with van der Waals surface area (Å²) in [6, 6.07) is 28.8. The SMILES string of the molecule is COc1ccc(C(OC[C@]23CO[C@H](C2OP(OCCC#N)N(C(C)C)C(C)C)[C@H](n2ccc(=O)[nH]c2=O)O3)(c2ccccc2)c2ccc(OC)cc2)cc1. The highest BCUT2D eigenvalue weighted by Gasteiger charge is 2.65. The van der Waals surface area contributed by atoms with Gasteiger partial charge in [-0.15, -0.1) is 0 Å². The number of aromatic amines is 1. The van der Waals surface area contributed by atoms with Gasteiger partial charge in [0.2, 0.25) is 0 Å². The van der Waals surface area contributed by atoms with Gasteiger partial charge in [0, 0.05) is 24.3 Å². The number of hydrogen-bond acceptors (Lipinski definition) is 11. The average Bonchev–Trinajstić information content (AvgIpc) is 3.66. The molecule has 3 aromatic carbocycles. The molecule has 2 fully saturated rings. The summed E-state index contributed by atoms with van der Waals surface area (Å²) in [6.45, 7) is 8.42. The number of hydrogen-bond donors (Lipinski definition) is 1. The average molecular weight is 759 g/mol. The smallest absolute Gasteiger partial charge is 0.330 e. The van der Waals surface area contributed by atoms with Crippen LogP contribution in [0.3, 0.4) is 0 Å². The van der Waals surface area contributed by atoms with Crippen LogP contribution >= 0.6 is 8.53 Å². The minimum atomic E-state index is -1.76. The molecule has 2 bridgehead atoms. The second-order valence-electron chi connectivity index (χ2n) is 13.7. The zero-order valence-electron chi connectivity index (χ0n) is 31.3. The van der Waals surface area contributed by atoms with Crippen molar-refractivity contribution in [2.24, 2.45) is 0 Å². The van der Waals surface area contributed by atoms with E-state index in [0.717, 1.165) is 16.7 Å². The van der Waals surface area contributed by atoms with Crippen molar-refractivity contribution in [1.29, 1.82) is 5.26 Å². The molecule has 0 spiro atoms. The van der Waals surface area contributed by atoms with E-state index in [2.05, 4.69) is 43.4 Å². The van der Waals surface area contributed by atoms with Gasteiger partial charge < -0.3 is 32.7 Å². The lowest BCUT2D eigenvalue weighted by Crippen LogP contribution is -2.49. The van der Waals surface area contributed by atoms with Crippen LogP contribution in [-0.2, 0) is 28.9 Å². The summed E-state index contributed by atoms with van der Waals surface area (Å²) in [5.74, 6) is 1.37. The molecule has 1 N–H and O–H groups in total. The molecule has 54 heavy (non-hydrogen) atoms. The normalized spacial score (nSPS) is 21.4. The number of nitriles is 1. The standard InChI is InChI=1S/C40H47N4O9P/c1-27(2)44(28(3)4)54(51-24-10-22-41)53-36-35-37(43-23-21-34(45)42-38(43)46)52-39(36,25-49-35)26-50-40(29-11-8-7-9-12-29,30-13-17-32(47-5)18-14-30)31-15-19-33(48-6)20-16-31/h7-9,11-21,23,27-28,35-37H,10,24-26H2,1-6H3,(H,42,45,46)/t35-,36?,37-,39-,54?/m1/s1. The Labute approximate surface area is 316 Å². The molecule has 1 aromatic heterocycles. The fraction of sp³-hybridized carbons (Fsp3) is 0.425. The van der Waals surface area contributed by atoms with Crippen molar-refractivity contribution in [3.63, 3.8) is 0 Å². The van der Waals surface area contributed by atoms with Crippen molar-refractivity contribution in [3.8, 4) is 17.6 Å². The number of ether oxygens (including phenoxy) is 5. The van der Waals surface area contributed by atoms with Crippen LogP contribution in [0.5, 0.6) is 11.5 Å². The predicted molar refractivity (Wildman–Crippen MR) is 202 cm³/mol. The Kier molecular flexibility index (Phi) is 12.4. The summed E-state index contributed by atoms with van der Waals surface area (Å²) >= 11 is 0. The maximum atomic E-state index is 13.2. The molecule has 0 amide bonds. The Balaban J connectivity index is 1.48. The van der Waals surface area contributed by atoms with Gasteiger partial charge in [0.1, 0.15) is 34.9 Å². The van der Waals surface area contributed by atoms with Gasteiger partial charge in [-0.1, -0.05) is 54.6 Å². The first kappa shape index (κ1) is 39.3. The van der Waals surface area contributed by atoms with E-state index in [-0.39, 0.29) is 38.3 Å². The molecule has 0 radical (unpaired) electrons. The number of methoxy groups -OCH3 is 2. The molecule has 4 aromatic rings. The zero-order valence-corrected chi connectivity index (χ0v) is 32.2. The van der Waals surface area contributed by atoms with Crippen molar-refractivity contribution in [3.05, 3.63) is 129 Å². The highest BCUT2D eigenvalue weighted by Crippen LogP contribution is 2.56. The summed E-state index contributed by atoms with van der Waals surface area (Å²) in [5.41, 5.74) is -1.13. The van der Waals surface area contributed by atoms with E-state index in [9.17, 15) is 14.9 Å². The van der Waals surface area contributed by atoms with Crippen molar-refractivity contribution in [1.82, 2.24) is 14.2 Å². The molecule has 2 unspecified atom stereocenters. The Bertz CT molecular complexity index is 1940. The van der Waals surface area contributed by atoms with E-state index < -0.39 is 49.4 Å². The lowest BCUT2D eigenvalue weighted by molar-refractivity contribution is -0.203. The van der Waals surface area contributed by atoms with Crippen molar-refractivity contribution < 1.29 is 32.7 Å². The second-order valence-corrected chi connectivity index (χ2v) is 15.1. The summed E-state index contributed by atoms with van der Waals surface area (Å²) in [7, 11) is 1.48. The van der Waals surface area contributed by atoms with Crippen molar-refractivity contribution >= 4 is 8.53 Å². The first-order valence-electron chi connectivity index (χ1n) is 17.9. The minimum Gasteiger partial charge on any atom is -0.497 e. The van der Waals surface area contributed by atoms with E-state index in [1.807, 2.05) is 78.9 Å². The van der Waals surface area contributed by atoms with E-state index >= 15 is 0 Å². The summed E-state index contributed by atoms with van der Waals surface area (Å²) in [6.07, 6.45) is -0.968. The fourth-order valence-electron chi connectivity index (χ4n) is 7.20. The van der Waals surface area contributed by atoms with Crippen LogP contribution in [0.2, 0.25) is 0 Å². The van der Waals surface area contributed by atoms with Gasteiger partial charge in [-0.05, 0) is 68.7 Å². The van der Waals surface area contributed by atoms with E-state index in [1.165, 1.54) is 16.8 Å². The van der Waals surface area contributed by atoms with Gasteiger partial charge in [0.25, 0.3) is 14.1 Å². The quantitative estimate of drug-likeness (QED) is 0.0782. The van der Waals surface area contributed by atoms with Gasteiger partial charge in [-0.25, -0.2) is 9.46 Å². The topological polar surface area (TPSA) is 146 Å². The molecule has 3 heterocycles. The number of benzene rings is 3. The molecule has 2 aliphatic rings. The largest absolute Gasteiger partial charge is 0.497 e. The zero-order chi connectivity index (χ0) is 38.5. The van der Waals surface area contributed by atoms with Crippen LogP contribution in [-0.4, -0.2) is 78.2 Å². The Morgan fingerprint density at radius 1 is 0.926 bits per heavy atom. The lowest BCUT2D eigenvalue weighted by Gasteiger charge is -2.41. The summed E-state index contributed by atoms with van der Waals surface area (Å²) in [5, 5.41) is 9.34. The molecule has 2 saturated heterocycles. The molecular formula is C40H47N4O9P. The van der Waals surface area contributed by atoms with E-state index in [1.54, 1.807) is 14.2 Å². The fourth-order valence-corrected chi connectivity index (χ4v) is 9.01. The Morgan fingerprint density at radius 3 is 2.06 bits per heavy atom. The van der Waals surface area contributed by atoms with E-state index in [4.69, 9.17) is 32.7 Å². The Morgan fingerprint density at radius 2 is 1.52 bits per heavy atom. The summed E-state index contributed by atoms with van der Waals surface area (Å²) in [4.78, 5) is 27.6. The molecule has 0 saturated carbocycles. The van der Waals surface area contributed by atoms with Crippen molar-refractivity contribution in [2.75, 3.05) is 34.0 Å². The molecule has 14 heteroatoms. The van der Waals surface area contributed by atoms with Crippen LogP contribution < -0.4 is 20.7 Å².